The molecular formula is C17H35N3O3. The summed E-state index contributed by atoms with van der Waals surface area (Å²) in [7, 11) is 1.74. The molecule has 1 aliphatic rings. The summed E-state index contributed by atoms with van der Waals surface area (Å²) >= 11 is 0. The van der Waals surface area contributed by atoms with Gasteiger partial charge in [-0.1, -0.05) is 20.8 Å². The molecule has 0 radical (unpaired) electrons. The second kappa shape index (κ2) is 9.45. The molecule has 23 heavy (non-hydrogen) atoms. The molecule has 0 bridgehead atoms. The van der Waals surface area contributed by atoms with Crippen LogP contribution in [0.25, 0.3) is 0 Å². The number of nitrogens with zero attached hydrogens (tertiary/aromatic N) is 1. The molecule has 0 amide bonds. The molecule has 1 rings (SSSR count). The van der Waals surface area contributed by atoms with Gasteiger partial charge >= 0.3 is 0 Å². The molecule has 6 nitrogen and oxygen atoms in total. The number of nitrogens with one attached hydrogen (secondary N) is 2. The van der Waals surface area contributed by atoms with E-state index in [1.165, 1.54) is 0 Å². The molecule has 0 spiro atoms. The third-order valence-corrected chi connectivity index (χ3v) is 4.45. The highest BCUT2D eigenvalue weighted by Crippen LogP contribution is 2.32. The van der Waals surface area contributed by atoms with Crippen LogP contribution >= 0.6 is 0 Å². The summed E-state index contributed by atoms with van der Waals surface area (Å²) in [6.45, 7) is 12.3. The first kappa shape index (κ1) is 20.2. The molecule has 2 atom stereocenters. The highest BCUT2D eigenvalue weighted by atomic mass is 16.5. The summed E-state index contributed by atoms with van der Waals surface area (Å²) in [5.74, 6) is 0.794. The minimum atomic E-state index is -0.0260. The molecule has 136 valence electrons. The van der Waals surface area contributed by atoms with Crippen LogP contribution in [0.5, 0.6) is 0 Å². The molecule has 6 heteroatoms. The topological polar surface area (TPSA) is 75.1 Å². The van der Waals surface area contributed by atoms with E-state index in [0.29, 0.717) is 19.7 Å². The second-order valence-electron chi connectivity index (χ2n) is 7.44. The normalized spacial score (nSPS) is 23.8. The number of rotatable bonds is 8. The summed E-state index contributed by atoms with van der Waals surface area (Å²) in [5, 5.41) is 16.0. The van der Waals surface area contributed by atoms with Gasteiger partial charge in [-0.3, -0.25) is 4.99 Å². The van der Waals surface area contributed by atoms with E-state index in [2.05, 4.69) is 38.3 Å². The zero-order chi connectivity index (χ0) is 17.3. The van der Waals surface area contributed by atoms with Gasteiger partial charge in [0, 0.05) is 38.8 Å². The van der Waals surface area contributed by atoms with Gasteiger partial charge in [-0.25, -0.2) is 0 Å². The second-order valence-corrected chi connectivity index (χ2v) is 7.44. The maximum Gasteiger partial charge on any atom is 0.191 e. The van der Waals surface area contributed by atoms with Crippen molar-refractivity contribution in [1.82, 2.24) is 10.6 Å². The van der Waals surface area contributed by atoms with Crippen molar-refractivity contribution in [1.29, 1.82) is 0 Å². The first-order valence-electron chi connectivity index (χ1n) is 8.60. The third-order valence-electron chi connectivity index (χ3n) is 4.45. The monoisotopic (exact) mass is 329 g/mol. The van der Waals surface area contributed by atoms with Crippen LogP contribution in [0, 0.1) is 10.8 Å². The van der Waals surface area contributed by atoms with Crippen molar-refractivity contribution in [2.75, 3.05) is 46.6 Å². The third kappa shape index (κ3) is 6.65. The maximum atomic E-state index is 9.31. The quantitative estimate of drug-likeness (QED) is 0.463. The van der Waals surface area contributed by atoms with E-state index in [1.807, 2.05) is 0 Å². The van der Waals surface area contributed by atoms with Crippen LogP contribution in [0.4, 0.5) is 0 Å². The number of methoxy groups -OCH3 is 1. The van der Waals surface area contributed by atoms with E-state index in [4.69, 9.17) is 14.5 Å². The standard InChI is InChI=1S/C17H35N3O3/c1-6-18-15(19-11-14(22-5)16(2,3)4)20-12-17(7-9-21)8-10-23-13-17/h14,21H,6-13H2,1-5H3,(H2,18,19,20). The minimum absolute atomic E-state index is 0.0260. The molecule has 1 fully saturated rings. The lowest BCUT2D eigenvalue weighted by Gasteiger charge is -2.30. The molecule has 3 N–H and O–H groups in total. The molecule has 1 heterocycles. The molecular weight excluding hydrogens is 294 g/mol. The number of guanidine groups is 1. The van der Waals surface area contributed by atoms with Crippen molar-refractivity contribution in [2.45, 2.75) is 46.6 Å². The van der Waals surface area contributed by atoms with Crippen LogP contribution in [0.15, 0.2) is 4.99 Å². The van der Waals surface area contributed by atoms with E-state index < -0.39 is 0 Å². The van der Waals surface area contributed by atoms with Gasteiger partial charge in [0.2, 0.25) is 0 Å². The zero-order valence-electron chi connectivity index (χ0n) is 15.4. The van der Waals surface area contributed by atoms with E-state index in [1.54, 1.807) is 7.11 Å². The van der Waals surface area contributed by atoms with Crippen molar-refractivity contribution in [2.24, 2.45) is 15.8 Å². The van der Waals surface area contributed by atoms with Crippen molar-refractivity contribution in [3.05, 3.63) is 0 Å². The van der Waals surface area contributed by atoms with E-state index in [-0.39, 0.29) is 23.5 Å². The summed E-state index contributed by atoms with van der Waals surface area (Å²) in [6, 6.07) is 0. The van der Waals surface area contributed by atoms with Gasteiger partial charge in [-0.15, -0.1) is 0 Å². The summed E-state index contributed by atoms with van der Waals surface area (Å²) in [6.07, 6.45) is 1.80. The minimum Gasteiger partial charge on any atom is -0.396 e. The largest absolute Gasteiger partial charge is 0.396 e. The fraction of sp³-hybridized carbons (Fsp3) is 0.941. The maximum absolute atomic E-state index is 9.31. The van der Waals surface area contributed by atoms with Gasteiger partial charge in [0.05, 0.1) is 19.3 Å². The average Bonchev–Trinajstić information content (AvgIpc) is 2.93. The Balaban J connectivity index is 2.65. The Hall–Kier alpha value is -0.850. The summed E-state index contributed by atoms with van der Waals surface area (Å²) in [5.41, 5.74) is 0.0399. The molecule has 1 aliphatic heterocycles. The Morgan fingerprint density at radius 1 is 1.39 bits per heavy atom. The lowest BCUT2D eigenvalue weighted by atomic mass is 9.84. The smallest absolute Gasteiger partial charge is 0.191 e. The van der Waals surface area contributed by atoms with Gasteiger partial charge in [0.1, 0.15) is 0 Å². The number of aliphatic hydroxyl groups excluding tert-OH is 1. The summed E-state index contributed by atoms with van der Waals surface area (Å²) < 4.78 is 11.1. The van der Waals surface area contributed by atoms with Crippen LogP contribution in [-0.2, 0) is 9.47 Å². The Bertz CT molecular complexity index is 361. The molecule has 0 aromatic rings. The van der Waals surface area contributed by atoms with Crippen molar-refractivity contribution in [3.63, 3.8) is 0 Å². The molecule has 2 unspecified atom stereocenters. The Morgan fingerprint density at radius 2 is 2.13 bits per heavy atom. The number of hydrogen-bond acceptors (Lipinski definition) is 4. The van der Waals surface area contributed by atoms with Crippen molar-refractivity contribution >= 4 is 5.96 Å². The van der Waals surface area contributed by atoms with Crippen LogP contribution < -0.4 is 10.6 Å². The Labute approximate surface area is 141 Å². The zero-order valence-corrected chi connectivity index (χ0v) is 15.4. The highest BCUT2D eigenvalue weighted by molar-refractivity contribution is 5.79. The SMILES string of the molecule is CCNC(=NCC1(CCO)CCOC1)NCC(OC)C(C)(C)C. The van der Waals surface area contributed by atoms with E-state index in [9.17, 15) is 5.11 Å². The molecule has 0 aromatic heterocycles. The van der Waals surface area contributed by atoms with E-state index in [0.717, 1.165) is 32.0 Å². The molecule has 0 aliphatic carbocycles. The average molecular weight is 329 g/mol. The van der Waals surface area contributed by atoms with Gasteiger partial charge in [-0.2, -0.15) is 0 Å². The van der Waals surface area contributed by atoms with Crippen LogP contribution in [0.3, 0.4) is 0 Å². The highest BCUT2D eigenvalue weighted by Gasteiger charge is 2.34. The fourth-order valence-corrected chi connectivity index (χ4v) is 2.81. The number of ether oxygens (including phenoxy) is 2. The molecule has 1 saturated heterocycles. The van der Waals surface area contributed by atoms with Gasteiger partial charge in [0.15, 0.2) is 5.96 Å². The van der Waals surface area contributed by atoms with Crippen LogP contribution in [0.1, 0.15) is 40.5 Å². The van der Waals surface area contributed by atoms with Crippen LogP contribution in [0.2, 0.25) is 0 Å². The Kier molecular flexibility index (Phi) is 8.29. The molecule has 0 aromatic carbocycles. The number of hydrogen-bond donors (Lipinski definition) is 3. The van der Waals surface area contributed by atoms with Crippen LogP contribution in [-0.4, -0.2) is 63.7 Å². The Morgan fingerprint density at radius 3 is 2.61 bits per heavy atom. The first-order valence-corrected chi connectivity index (χ1v) is 8.60. The lowest BCUT2D eigenvalue weighted by molar-refractivity contribution is 0.0205. The van der Waals surface area contributed by atoms with Crippen molar-refractivity contribution in [3.8, 4) is 0 Å². The number of aliphatic hydroxyl groups is 1. The summed E-state index contributed by atoms with van der Waals surface area (Å²) in [4.78, 5) is 4.72. The van der Waals surface area contributed by atoms with E-state index >= 15 is 0 Å². The predicted molar refractivity (Wildman–Crippen MR) is 93.8 cm³/mol. The van der Waals surface area contributed by atoms with Gasteiger partial charge in [0.25, 0.3) is 0 Å². The fourth-order valence-electron chi connectivity index (χ4n) is 2.81. The number of aliphatic imine (C=N–C) groups is 1. The lowest BCUT2D eigenvalue weighted by Crippen LogP contribution is -2.45. The predicted octanol–water partition coefficient (Wildman–Crippen LogP) is 1.39. The van der Waals surface area contributed by atoms with Gasteiger partial charge in [-0.05, 0) is 25.2 Å². The van der Waals surface area contributed by atoms with Crippen molar-refractivity contribution < 1.29 is 14.6 Å². The van der Waals surface area contributed by atoms with Gasteiger partial charge < -0.3 is 25.2 Å². The molecule has 0 saturated carbocycles. The first-order chi connectivity index (χ1) is 10.9.